The van der Waals surface area contributed by atoms with E-state index in [-0.39, 0.29) is 4.90 Å². The molecule has 0 aliphatic rings. The topological polar surface area (TPSA) is 35.2 Å². The zero-order valence-corrected chi connectivity index (χ0v) is 6.95. The Hall–Kier alpha value is 0.180. The van der Waals surface area contributed by atoms with Gasteiger partial charge in [0.2, 0.25) is 0 Å². The summed E-state index contributed by atoms with van der Waals surface area (Å²) in [5.41, 5.74) is 0. The van der Waals surface area contributed by atoms with Crippen LogP contribution in [0.1, 0.15) is 6.92 Å². The van der Waals surface area contributed by atoms with Crippen molar-refractivity contribution in [2.75, 3.05) is 0 Å². The first-order chi connectivity index (χ1) is 3.56. The molecule has 0 bridgehead atoms. The Morgan fingerprint density at radius 1 is 1.62 bits per heavy atom. The van der Waals surface area contributed by atoms with Crippen LogP contribution in [0, 0.1) is 12.0 Å². The van der Waals surface area contributed by atoms with Crippen LogP contribution < -0.4 is 5.90 Å². The van der Waals surface area contributed by atoms with E-state index in [1.165, 1.54) is 0 Å². The van der Waals surface area contributed by atoms with E-state index < -0.39 is 0 Å². The highest BCUT2D eigenvalue weighted by Crippen LogP contribution is 2.23. The average Bonchev–Trinajstić information content (AvgIpc) is 1.59. The van der Waals surface area contributed by atoms with Gasteiger partial charge in [0.25, 0.3) is 0 Å². The zero-order chi connectivity index (χ0) is 6.62. The van der Waals surface area contributed by atoms with Crippen LogP contribution in [0.2, 0.25) is 0 Å². The Labute approximate surface area is 53.9 Å². The highest BCUT2D eigenvalue weighted by molar-refractivity contribution is 7.40. The van der Waals surface area contributed by atoms with Gasteiger partial charge in [0.1, 0.15) is 6.11 Å². The van der Waals surface area contributed by atoms with Crippen molar-refractivity contribution in [2.24, 2.45) is 5.90 Å². The van der Waals surface area contributed by atoms with Crippen LogP contribution in [0.15, 0.2) is 0 Å². The maximum Gasteiger partial charge on any atom is 0.138 e. The van der Waals surface area contributed by atoms with Crippen LogP contribution in [0.25, 0.3) is 0 Å². The second-order valence-electron chi connectivity index (χ2n) is 1.63. The fourth-order valence-electron chi connectivity index (χ4n) is 0.139. The molecule has 46 valence electrons. The molecule has 0 aliphatic carbocycles. The van der Waals surface area contributed by atoms with Crippen molar-refractivity contribution in [3.8, 4) is 12.0 Å². The predicted molar refractivity (Wildman–Crippen MR) is 40.9 cm³/mol. The Bertz CT molecular complexity index is 118. The molecule has 0 rings (SSSR count). The minimum Gasteiger partial charge on any atom is -0.359 e. The highest BCUT2D eigenvalue weighted by atomic mass is 31.1. The SMILES string of the molecule is CC(P)(P)C#CON. The highest BCUT2D eigenvalue weighted by Gasteiger charge is 2.03. The van der Waals surface area contributed by atoms with Gasteiger partial charge in [-0.25, -0.2) is 0 Å². The summed E-state index contributed by atoms with van der Waals surface area (Å²) in [4.78, 5) is 3.85. The molecule has 2 unspecified atom stereocenters. The van der Waals surface area contributed by atoms with Gasteiger partial charge in [-0.05, 0) is 12.8 Å². The lowest BCUT2D eigenvalue weighted by atomic mass is 10.5. The number of rotatable bonds is 0. The molecule has 0 aromatic carbocycles. The van der Waals surface area contributed by atoms with E-state index in [1.54, 1.807) is 0 Å². The zero-order valence-electron chi connectivity index (χ0n) is 4.64. The minimum absolute atomic E-state index is 0.181. The lowest BCUT2D eigenvalue weighted by molar-refractivity contribution is 0.291. The Balaban J connectivity index is 3.69. The lowest BCUT2D eigenvalue weighted by Gasteiger charge is -2.04. The van der Waals surface area contributed by atoms with Gasteiger partial charge in [-0.3, -0.25) is 0 Å². The smallest absolute Gasteiger partial charge is 0.138 e. The molecule has 2 atom stereocenters. The van der Waals surface area contributed by atoms with E-state index in [1.807, 2.05) is 6.92 Å². The molecule has 0 aromatic heterocycles. The van der Waals surface area contributed by atoms with Crippen molar-refractivity contribution >= 4 is 18.5 Å². The van der Waals surface area contributed by atoms with Crippen LogP contribution in [0.3, 0.4) is 0 Å². The van der Waals surface area contributed by atoms with Gasteiger partial charge in [0.05, 0.1) is 4.90 Å². The minimum atomic E-state index is -0.181. The van der Waals surface area contributed by atoms with Crippen LogP contribution >= 0.6 is 18.5 Å². The third-order valence-corrected chi connectivity index (χ3v) is 0.668. The third kappa shape index (κ3) is 6.18. The predicted octanol–water partition coefficient (Wildman–Crippen LogP) is 0.304. The van der Waals surface area contributed by atoms with Gasteiger partial charge >= 0.3 is 0 Å². The molecule has 0 aromatic rings. The molecular weight excluding hydrogens is 140 g/mol. The molecule has 0 radical (unpaired) electrons. The summed E-state index contributed by atoms with van der Waals surface area (Å²) in [7, 11) is 5.04. The van der Waals surface area contributed by atoms with Gasteiger partial charge in [-0.1, -0.05) is 0 Å². The molecule has 0 saturated heterocycles. The van der Waals surface area contributed by atoms with E-state index in [0.29, 0.717) is 0 Å². The lowest BCUT2D eigenvalue weighted by Crippen LogP contribution is -1.99. The standard InChI is InChI=1S/C4H9NOP2/c1-4(7,8)2-3-6-5/h5,7-8H2,1H3. The molecular formula is C4H9NOP2. The maximum absolute atomic E-state index is 4.64. The van der Waals surface area contributed by atoms with Gasteiger partial charge in [0.15, 0.2) is 0 Å². The quantitative estimate of drug-likeness (QED) is 0.305. The van der Waals surface area contributed by atoms with Gasteiger partial charge in [0, 0.05) is 0 Å². The van der Waals surface area contributed by atoms with Crippen molar-refractivity contribution < 1.29 is 4.84 Å². The first kappa shape index (κ1) is 8.18. The molecule has 0 fully saturated rings. The van der Waals surface area contributed by atoms with E-state index in [2.05, 4.69) is 41.2 Å². The van der Waals surface area contributed by atoms with Crippen molar-refractivity contribution in [1.29, 1.82) is 0 Å². The molecule has 0 spiro atoms. The third-order valence-electron chi connectivity index (χ3n) is 0.379. The molecule has 8 heavy (non-hydrogen) atoms. The summed E-state index contributed by atoms with van der Waals surface area (Å²) >= 11 is 0. The summed E-state index contributed by atoms with van der Waals surface area (Å²) in [6, 6.07) is 0. The molecule has 0 heterocycles. The number of hydrogen-bond acceptors (Lipinski definition) is 2. The van der Waals surface area contributed by atoms with Crippen LogP contribution in [-0.4, -0.2) is 4.90 Å². The average molecular weight is 149 g/mol. The van der Waals surface area contributed by atoms with Gasteiger partial charge in [-0.2, -0.15) is 5.90 Å². The largest absolute Gasteiger partial charge is 0.359 e. The monoisotopic (exact) mass is 149 g/mol. The second kappa shape index (κ2) is 3.25. The number of hydrogen-bond donors (Lipinski definition) is 1. The molecule has 2 nitrogen and oxygen atoms in total. The molecule has 0 aliphatic heterocycles. The molecule has 0 saturated carbocycles. The summed E-state index contributed by atoms with van der Waals surface area (Å²) in [5, 5.41) is 0. The molecule has 0 amide bonds. The first-order valence-electron chi connectivity index (χ1n) is 2.02. The van der Waals surface area contributed by atoms with E-state index >= 15 is 0 Å². The number of nitrogens with two attached hydrogens (primary N) is 1. The first-order valence-corrected chi connectivity index (χ1v) is 3.17. The van der Waals surface area contributed by atoms with Crippen molar-refractivity contribution in [3.05, 3.63) is 0 Å². The normalized spacial score (nSPS) is 9.50. The summed E-state index contributed by atoms with van der Waals surface area (Å²) in [6.45, 7) is 1.91. The van der Waals surface area contributed by atoms with Crippen molar-refractivity contribution in [2.45, 2.75) is 11.8 Å². The summed E-state index contributed by atoms with van der Waals surface area (Å²) in [6.07, 6.45) is 2.27. The Morgan fingerprint density at radius 3 is 2.25 bits per heavy atom. The van der Waals surface area contributed by atoms with Crippen LogP contribution in [0.4, 0.5) is 0 Å². The second-order valence-corrected chi connectivity index (χ2v) is 4.69. The fourth-order valence-corrected chi connectivity index (χ4v) is 0.257. The maximum atomic E-state index is 4.64. The summed E-state index contributed by atoms with van der Waals surface area (Å²) in [5.74, 6) is 7.34. The van der Waals surface area contributed by atoms with Gasteiger partial charge in [-0.15, -0.1) is 18.5 Å². The van der Waals surface area contributed by atoms with Crippen LogP contribution in [-0.2, 0) is 4.84 Å². The molecule has 4 heteroatoms. The Kier molecular flexibility index (Phi) is 3.33. The van der Waals surface area contributed by atoms with E-state index in [0.717, 1.165) is 0 Å². The van der Waals surface area contributed by atoms with E-state index in [4.69, 9.17) is 0 Å². The van der Waals surface area contributed by atoms with Gasteiger partial charge < -0.3 is 4.84 Å². The molecule has 2 N–H and O–H groups in total. The van der Waals surface area contributed by atoms with E-state index in [9.17, 15) is 0 Å². The Morgan fingerprint density at radius 2 is 2.12 bits per heavy atom. The fraction of sp³-hybridized carbons (Fsp3) is 0.500. The van der Waals surface area contributed by atoms with Crippen molar-refractivity contribution in [3.63, 3.8) is 0 Å². The van der Waals surface area contributed by atoms with Crippen LogP contribution in [0.5, 0.6) is 0 Å². The summed E-state index contributed by atoms with van der Waals surface area (Å²) < 4.78 is 0. The van der Waals surface area contributed by atoms with Crippen molar-refractivity contribution in [1.82, 2.24) is 0 Å².